The number of aliphatic hydroxyl groups excluding tert-OH is 1. The Bertz CT molecular complexity index is 1060. The van der Waals surface area contributed by atoms with Gasteiger partial charge in [0, 0.05) is 31.6 Å². The average Bonchev–Trinajstić information content (AvgIpc) is 3.24. The molecule has 1 spiro atoms. The third kappa shape index (κ3) is 6.99. The van der Waals surface area contributed by atoms with Gasteiger partial charge in [0.25, 0.3) is 0 Å². The Morgan fingerprint density at radius 1 is 1.03 bits per heavy atom. The van der Waals surface area contributed by atoms with E-state index in [1.54, 1.807) is 6.92 Å². The molecule has 2 atom stereocenters. The Hall–Kier alpha value is -2.70. The van der Waals surface area contributed by atoms with Gasteiger partial charge in [0.1, 0.15) is 6.04 Å². The summed E-state index contributed by atoms with van der Waals surface area (Å²) in [6.45, 7) is 7.47. The number of aliphatic hydroxyl groups is 1. The van der Waals surface area contributed by atoms with Crippen LogP contribution in [-0.4, -0.2) is 59.1 Å². The van der Waals surface area contributed by atoms with Crippen molar-refractivity contribution in [2.45, 2.75) is 88.8 Å². The van der Waals surface area contributed by atoms with Crippen LogP contribution in [0.15, 0.2) is 54.6 Å². The van der Waals surface area contributed by atoms with Crippen molar-refractivity contribution in [3.05, 3.63) is 71.3 Å². The standard InChI is InChI=1S/C31H43N3O3/c1-23(35)22-32-30(2,3)21-28(36)33-27(14-13-24-9-5-4-6-10-24)29(37)34-19-17-31(18-20-34)16-15-25-11-7-8-12-26(25)31/h4-12,23,27,32,35H,13-22H2,1-3H3,(H,33,36)/t23-,27-/m1/s1. The predicted octanol–water partition coefficient (Wildman–Crippen LogP) is 3.75. The second kappa shape index (κ2) is 11.8. The number of piperidine rings is 1. The molecule has 6 nitrogen and oxygen atoms in total. The molecule has 3 N–H and O–H groups in total. The number of nitrogens with zero attached hydrogens (tertiary/aromatic N) is 1. The molecule has 0 aromatic heterocycles. The smallest absolute Gasteiger partial charge is 0.245 e. The number of carbonyl (C=O) groups is 2. The first-order chi connectivity index (χ1) is 17.7. The number of amides is 2. The van der Waals surface area contributed by atoms with Gasteiger partial charge in [-0.25, -0.2) is 0 Å². The fraction of sp³-hybridized carbons (Fsp3) is 0.548. The maximum absolute atomic E-state index is 13.7. The second-order valence-electron chi connectivity index (χ2n) is 11.7. The minimum Gasteiger partial charge on any atom is -0.392 e. The summed E-state index contributed by atoms with van der Waals surface area (Å²) in [6, 6.07) is 18.3. The summed E-state index contributed by atoms with van der Waals surface area (Å²) in [5.74, 6) is -0.118. The van der Waals surface area contributed by atoms with E-state index in [4.69, 9.17) is 0 Å². The first kappa shape index (κ1) is 27.3. The Morgan fingerprint density at radius 3 is 2.41 bits per heavy atom. The molecule has 1 saturated heterocycles. The van der Waals surface area contributed by atoms with E-state index in [-0.39, 0.29) is 23.7 Å². The average molecular weight is 506 g/mol. The Morgan fingerprint density at radius 2 is 1.70 bits per heavy atom. The number of likely N-dealkylation sites (tertiary alicyclic amines) is 1. The quantitative estimate of drug-likeness (QED) is 0.459. The molecule has 4 rings (SSSR count). The van der Waals surface area contributed by atoms with Crippen molar-refractivity contribution in [1.29, 1.82) is 0 Å². The van der Waals surface area contributed by atoms with Crippen molar-refractivity contribution >= 4 is 11.8 Å². The molecule has 200 valence electrons. The van der Waals surface area contributed by atoms with Gasteiger partial charge in [0.05, 0.1) is 6.10 Å². The predicted molar refractivity (Wildman–Crippen MR) is 147 cm³/mol. The van der Waals surface area contributed by atoms with Crippen molar-refractivity contribution in [3.63, 3.8) is 0 Å². The van der Waals surface area contributed by atoms with E-state index in [0.29, 0.717) is 13.0 Å². The van der Waals surface area contributed by atoms with E-state index in [9.17, 15) is 14.7 Å². The number of rotatable bonds is 10. The lowest BCUT2D eigenvalue weighted by Crippen LogP contribution is -2.54. The fourth-order valence-corrected chi connectivity index (χ4v) is 6.01. The molecule has 2 aromatic carbocycles. The van der Waals surface area contributed by atoms with E-state index in [1.165, 1.54) is 11.1 Å². The summed E-state index contributed by atoms with van der Waals surface area (Å²) in [5, 5.41) is 15.9. The summed E-state index contributed by atoms with van der Waals surface area (Å²) in [6.07, 6.45) is 5.28. The lowest BCUT2D eigenvalue weighted by Gasteiger charge is -2.41. The molecular weight excluding hydrogens is 462 g/mol. The van der Waals surface area contributed by atoms with E-state index in [2.05, 4.69) is 47.0 Å². The van der Waals surface area contributed by atoms with Gasteiger partial charge in [0.15, 0.2) is 0 Å². The molecule has 1 heterocycles. The Balaban J connectivity index is 1.41. The van der Waals surface area contributed by atoms with E-state index < -0.39 is 17.7 Å². The number of β-amino-alcohol motifs (C(OH)–C–C–N with tert-alkyl or cyclic N) is 1. The van der Waals surface area contributed by atoms with Crippen molar-refractivity contribution in [2.24, 2.45) is 0 Å². The lowest BCUT2D eigenvalue weighted by molar-refractivity contribution is -0.138. The van der Waals surface area contributed by atoms with Crippen LogP contribution in [0.4, 0.5) is 0 Å². The molecule has 1 aliphatic carbocycles. The molecule has 0 saturated carbocycles. The highest BCUT2D eigenvalue weighted by Crippen LogP contribution is 2.46. The van der Waals surface area contributed by atoms with Crippen molar-refractivity contribution in [1.82, 2.24) is 15.5 Å². The molecule has 2 aromatic rings. The summed E-state index contributed by atoms with van der Waals surface area (Å²) in [4.78, 5) is 28.8. The van der Waals surface area contributed by atoms with Crippen LogP contribution in [0.3, 0.4) is 0 Å². The molecule has 2 amide bonds. The molecule has 37 heavy (non-hydrogen) atoms. The number of carbonyl (C=O) groups excluding carboxylic acids is 2. The summed E-state index contributed by atoms with van der Waals surface area (Å²) >= 11 is 0. The van der Waals surface area contributed by atoms with E-state index >= 15 is 0 Å². The minimum atomic E-state index is -0.551. The van der Waals surface area contributed by atoms with Crippen LogP contribution < -0.4 is 10.6 Å². The molecule has 0 radical (unpaired) electrons. The fourth-order valence-electron chi connectivity index (χ4n) is 6.01. The maximum Gasteiger partial charge on any atom is 0.245 e. The summed E-state index contributed by atoms with van der Waals surface area (Å²) < 4.78 is 0. The summed E-state index contributed by atoms with van der Waals surface area (Å²) in [5.41, 5.74) is 3.80. The zero-order valence-corrected chi connectivity index (χ0v) is 22.6. The Kier molecular flexibility index (Phi) is 8.71. The Labute approximate surface area is 221 Å². The zero-order chi connectivity index (χ0) is 26.5. The van der Waals surface area contributed by atoms with Crippen LogP contribution >= 0.6 is 0 Å². The van der Waals surface area contributed by atoms with Crippen molar-refractivity contribution in [3.8, 4) is 0 Å². The van der Waals surface area contributed by atoms with Gasteiger partial charge in [-0.1, -0.05) is 54.6 Å². The van der Waals surface area contributed by atoms with Crippen LogP contribution in [0.2, 0.25) is 0 Å². The molecule has 1 aliphatic heterocycles. The van der Waals surface area contributed by atoms with Gasteiger partial charge in [-0.05, 0) is 81.4 Å². The third-order valence-corrected chi connectivity index (χ3v) is 8.17. The van der Waals surface area contributed by atoms with Crippen LogP contribution in [0, 0.1) is 0 Å². The number of hydrogen-bond acceptors (Lipinski definition) is 4. The SMILES string of the molecule is C[C@@H](O)CNC(C)(C)CC(=O)N[C@H](CCc1ccccc1)C(=O)N1CCC2(CCc3ccccc32)CC1. The molecule has 1 fully saturated rings. The van der Waals surface area contributed by atoms with Crippen molar-refractivity contribution < 1.29 is 14.7 Å². The number of hydrogen-bond donors (Lipinski definition) is 3. The third-order valence-electron chi connectivity index (χ3n) is 8.17. The number of aryl methyl sites for hydroxylation is 2. The van der Waals surface area contributed by atoms with Gasteiger partial charge in [0.2, 0.25) is 11.8 Å². The van der Waals surface area contributed by atoms with Crippen LogP contribution in [0.5, 0.6) is 0 Å². The summed E-state index contributed by atoms with van der Waals surface area (Å²) in [7, 11) is 0. The van der Waals surface area contributed by atoms with Gasteiger partial charge in [-0.15, -0.1) is 0 Å². The first-order valence-corrected chi connectivity index (χ1v) is 13.8. The van der Waals surface area contributed by atoms with Gasteiger partial charge in [-0.3, -0.25) is 9.59 Å². The molecule has 6 heteroatoms. The van der Waals surface area contributed by atoms with E-state index in [1.807, 2.05) is 36.9 Å². The topological polar surface area (TPSA) is 81.7 Å². The van der Waals surface area contributed by atoms with Crippen LogP contribution in [0.1, 0.15) is 69.6 Å². The highest BCUT2D eigenvalue weighted by molar-refractivity contribution is 5.88. The molecule has 2 aliphatic rings. The monoisotopic (exact) mass is 505 g/mol. The number of nitrogens with one attached hydrogen (secondary N) is 2. The lowest BCUT2D eigenvalue weighted by atomic mass is 9.74. The maximum atomic E-state index is 13.7. The normalized spacial score (nSPS) is 18.3. The largest absolute Gasteiger partial charge is 0.392 e. The molecule has 0 bridgehead atoms. The minimum absolute atomic E-state index is 0.0279. The van der Waals surface area contributed by atoms with Gasteiger partial charge in [-0.2, -0.15) is 0 Å². The first-order valence-electron chi connectivity index (χ1n) is 13.8. The number of fused-ring (bicyclic) bond motifs is 2. The van der Waals surface area contributed by atoms with Gasteiger partial charge < -0.3 is 20.6 Å². The van der Waals surface area contributed by atoms with Gasteiger partial charge >= 0.3 is 0 Å². The van der Waals surface area contributed by atoms with Crippen LogP contribution in [0.25, 0.3) is 0 Å². The highest BCUT2D eigenvalue weighted by Gasteiger charge is 2.42. The second-order valence-corrected chi connectivity index (χ2v) is 11.7. The molecular formula is C31H43N3O3. The molecule has 0 unspecified atom stereocenters. The highest BCUT2D eigenvalue weighted by atomic mass is 16.3. The van der Waals surface area contributed by atoms with Crippen molar-refractivity contribution in [2.75, 3.05) is 19.6 Å². The van der Waals surface area contributed by atoms with Crippen LogP contribution in [-0.2, 0) is 27.8 Å². The van der Waals surface area contributed by atoms with E-state index in [0.717, 1.165) is 50.8 Å². The number of benzene rings is 2. The zero-order valence-electron chi connectivity index (χ0n) is 22.6.